The van der Waals surface area contributed by atoms with Gasteiger partial charge in [0.15, 0.2) is 0 Å². The first kappa shape index (κ1) is 27.3. The van der Waals surface area contributed by atoms with Gasteiger partial charge in [0, 0.05) is 49.0 Å². The summed E-state index contributed by atoms with van der Waals surface area (Å²) >= 11 is 13.2. The van der Waals surface area contributed by atoms with Gasteiger partial charge in [-0.15, -0.1) is 0 Å². The maximum Gasteiger partial charge on any atom is 0.0498 e. The van der Waals surface area contributed by atoms with Crippen LogP contribution in [0.5, 0.6) is 0 Å². The predicted molar refractivity (Wildman–Crippen MR) is 191 cm³/mol. The Morgan fingerprint density at radius 1 is 0.682 bits per heavy atom. The Kier molecular flexibility index (Phi) is 6.63. The minimum absolute atomic E-state index is 0.804. The van der Waals surface area contributed by atoms with Crippen LogP contribution in [0, 0.1) is 0 Å². The predicted octanol–water partition coefficient (Wildman–Crippen LogP) is 11.4. The van der Waals surface area contributed by atoms with E-state index < -0.39 is 0 Å². The summed E-state index contributed by atoms with van der Waals surface area (Å²) < 4.78 is 2.41. The van der Waals surface area contributed by atoms with Crippen LogP contribution in [0.25, 0.3) is 55.2 Å². The van der Waals surface area contributed by atoms with Gasteiger partial charge in [-0.3, -0.25) is 0 Å². The second kappa shape index (κ2) is 10.7. The third-order valence-electron chi connectivity index (χ3n) is 9.49. The van der Waals surface area contributed by atoms with E-state index in [1.807, 2.05) is 12.1 Å². The third kappa shape index (κ3) is 4.14. The van der Waals surface area contributed by atoms with E-state index in [0.717, 1.165) is 40.2 Å². The normalized spacial score (nSPS) is 16.5. The molecule has 0 radical (unpaired) electrons. The molecule has 0 N–H and O–H groups in total. The highest BCUT2D eigenvalue weighted by atomic mass is 35.5. The summed E-state index contributed by atoms with van der Waals surface area (Å²) in [5.74, 6) is 0. The Balaban J connectivity index is 1.27. The molecule has 5 aromatic carbocycles. The lowest BCUT2D eigenvalue weighted by molar-refractivity contribution is 0.777. The number of hydrogen-bond donors (Lipinski definition) is 0. The molecule has 0 aliphatic heterocycles. The van der Waals surface area contributed by atoms with Gasteiger partial charge in [-0.2, -0.15) is 0 Å². The first-order valence-electron chi connectivity index (χ1n) is 15.3. The first-order valence-corrected chi connectivity index (χ1v) is 16.1. The molecule has 44 heavy (non-hydrogen) atoms. The topological polar surface area (TPSA) is 4.93 Å². The number of rotatable bonds is 5. The van der Waals surface area contributed by atoms with Gasteiger partial charge in [-0.05, 0) is 101 Å². The molecule has 0 spiro atoms. The van der Waals surface area contributed by atoms with Crippen molar-refractivity contribution in [3.63, 3.8) is 0 Å². The van der Waals surface area contributed by atoms with Crippen molar-refractivity contribution in [2.75, 3.05) is 0 Å². The molecule has 2 aliphatic carbocycles. The molecule has 1 nitrogen and oxygen atoms in total. The van der Waals surface area contributed by atoms with Gasteiger partial charge < -0.3 is 4.57 Å². The Labute approximate surface area is 267 Å². The summed E-state index contributed by atoms with van der Waals surface area (Å²) in [4.78, 5) is 0. The first-order chi connectivity index (χ1) is 21.5. The monoisotopic (exact) mass is 607 g/mol. The highest BCUT2D eigenvalue weighted by molar-refractivity contribution is 6.37. The number of benzene rings is 5. The number of aryl methyl sites for hydroxylation is 1. The lowest BCUT2D eigenvalue weighted by Crippen LogP contribution is -2.14. The summed E-state index contributed by atoms with van der Waals surface area (Å²) in [7, 11) is 0. The van der Waals surface area contributed by atoms with Gasteiger partial charge in [0.2, 0.25) is 0 Å². The highest BCUT2D eigenvalue weighted by Gasteiger charge is 2.23. The van der Waals surface area contributed by atoms with E-state index in [9.17, 15) is 0 Å². The lowest BCUT2D eigenvalue weighted by atomic mass is 9.97. The van der Waals surface area contributed by atoms with Crippen molar-refractivity contribution in [3.05, 3.63) is 152 Å². The van der Waals surface area contributed by atoms with E-state index in [1.165, 1.54) is 71.6 Å². The summed E-state index contributed by atoms with van der Waals surface area (Å²) in [6, 6.07) is 32.2. The molecule has 0 saturated carbocycles. The number of nitrogens with zero attached hydrogens (tertiary/aromatic N) is 1. The van der Waals surface area contributed by atoms with Gasteiger partial charge >= 0.3 is 0 Å². The van der Waals surface area contributed by atoms with E-state index in [2.05, 4.69) is 122 Å². The fourth-order valence-electron chi connectivity index (χ4n) is 7.45. The van der Waals surface area contributed by atoms with E-state index in [4.69, 9.17) is 23.2 Å². The van der Waals surface area contributed by atoms with Crippen LogP contribution in [0.1, 0.15) is 43.4 Å². The minimum atomic E-state index is 0.804. The Hall–Kier alpha value is -4.30. The van der Waals surface area contributed by atoms with Gasteiger partial charge in [-0.1, -0.05) is 114 Å². The lowest BCUT2D eigenvalue weighted by Gasteiger charge is -2.08. The maximum atomic E-state index is 6.62. The highest BCUT2D eigenvalue weighted by Crippen LogP contribution is 2.45. The molecule has 0 unspecified atom stereocenters. The van der Waals surface area contributed by atoms with Gasteiger partial charge in [0.1, 0.15) is 0 Å². The number of hydrogen-bond acceptors (Lipinski definition) is 0. The molecule has 3 heteroatoms. The quantitative estimate of drug-likeness (QED) is 0.184. The zero-order valence-corrected chi connectivity index (χ0v) is 26.3. The molecule has 0 saturated heterocycles. The van der Waals surface area contributed by atoms with E-state index in [1.54, 1.807) is 0 Å². The largest absolute Gasteiger partial charge is 0.341 e. The van der Waals surface area contributed by atoms with Crippen LogP contribution in [-0.2, 0) is 6.54 Å². The van der Waals surface area contributed by atoms with Gasteiger partial charge in [-0.25, -0.2) is 0 Å². The molecule has 1 heterocycles. The van der Waals surface area contributed by atoms with Crippen LogP contribution in [0.3, 0.4) is 0 Å². The van der Waals surface area contributed by atoms with Gasteiger partial charge in [0.05, 0.1) is 0 Å². The van der Waals surface area contributed by atoms with Crippen molar-refractivity contribution in [2.45, 2.75) is 33.2 Å². The molecule has 0 amide bonds. The number of aromatic nitrogens is 1. The SMILES string of the molecule is CCn1/c(=C/C=C2\CCC(/C=C/C3=C(C)c4ccc(Cl)c5cccc3c45)=C2c2ccccc2)c2cccc3c(Cl)ccc1c32. The van der Waals surface area contributed by atoms with Crippen molar-refractivity contribution in [2.24, 2.45) is 0 Å². The zero-order chi connectivity index (χ0) is 29.9. The van der Waals surface area contributed by atoms with Crippen LogP contribution in [0.4, 0.5) is 0 Å². The summed E-state index contributed by atoms with van der Waals surface area (Å²) in [5.41, 5.74) is 11.7. The van der Waals surface area contributed by atoms with E-state index in [0.29, 0.717) is 0 Å². The van der Waals surface area contributed by atoms with Crippen molar-refractivity contribution < 1.29 is 0 Å². The van der Waals surface area contributed by atoms with Gasteiger partial charge in [0.25, 0.3) is 0 Å². The molecule has 6 aromatic rings. The standard InChI is InChI=1S/C41H31Cl2N/c1-3-44-37(34-14-8-13-33-36(43)22-24-38(44)41(33)34)23-18-28-16-15-27(39(28)26-9-5-4-6-10-26)17-19-29-25(2)30-20-21-35(42)32-12-7-11-31(29)40(30)32/h4-14,17-24H,3,15-16H2,1-2H3/b19-17+,28-18+,37-23+. The summed E-state index contributed by atoms with van der Waals surface area (Å²) in [6.07, 6.45) is 11.4. The molecular weight excluding hydrogens is 577 g/mol. The van der Waals surface area contributed by atoms with E-state index >= 15 is 0 Å². The number of halogens is 2. The van der Waals surface area contributed by atoms with Crippen molar-refractivity contribution in [3.8, 4) is 0 Å². The van der Waals surface area contributed by atoms with Crippen LogP contribution in [0.2, 0.25) is 10.0 Å². The second-order valence-electron chi connectivity index (χ2n) is 11.7. The average Bonchev–Trinajstić information content (AvgIpc) is 3.69. The Morgan fingerprint density at radius 3 is 2.20 bits per heavy atom. The maximum absolute atomic E-state index is 6.62. The van der Waals surface area contributed by atoms with Crippen LogP contribution < -0.4 is 5.35 Å². The van der Waals surface area contributed by atoms with Crippen molar-refractivity contribution in [1.82, 2.24) is 4.57 Å². The Bertz CT molecular complexity index is 2330. The Morgan fingerprint density at radius 2 is 1.41 bits per heavy atom. The fourth-order valence-corrected chi connectivity index (χ4v) is 7.90. The molecule has 0 bridgehead atoms. The molecule has 214 valence electrons. The van der Waals surface area contributed by atoms with E-state index in [-0.39, 0.29) is 0 Å². The molecule has 1 aromatic heterocycles. The zero-order valence-electron chi connectivity index (χ0n) is 24.8. The minimum Gasteiger partial charge on any atom is -0.341 e. The third-order valence-corrected chi connectivity index (χ3v) is 10.1. The van der Waals surface area contributed by atoms with Crippen molar-refractivity contribution in [1.29, 1.82) is 0 Å². The molecule has 2 aliphatic rings. The number of allylic oxidation sites excluding steroid dienone is 8. The second-order valence-corrected chi connectivity index (χ2v) is 12.6. The van der Waals surface area contributed by atoms with Crippen LogP contribution in [0.15, 0.2) is 120 Å². The summed E-state index contributed by atoms with van der Waals surface area (Å²) in [6.45, 7) is 5.34. The molecule has 0 fully saturated rings. The fraction of sp³-hybridized carbons (Fsp3) is 0.122. The summed E-state index contributed by atoms with van der Waals surface area (Å²) in [5, 5.41) is 8.85. The molecule has 0 atom stereocenters. The molecular formula is C41H31Cl2N. The van der Waals surface area contributed by atoms with Crippen LogP contribution >= 0.6 is 23.2 Å². The molecule has 8 rings (SSSR count). The average molecular weight is 609 g/mol. The van der Waals surface area contributed by atoms with Crippen LogP contribution in [-0.4, -0.2) is 4.57 Å². The smallest absolute Gasteiger partial charge is 0.0498 e. The van der Waals surface area contributed by atoms with Crippen molar-refractivity contribution >= 4 is 78.4 Å².